The van der Waals surface area contributed by atoms with Crippen LogP contribution in [0.3, 0.4) is 0 Å². The topological polar surface area (TPSA) is 99.0 Å². The van der Waals surface area contributed by atoms with Crippen molar-refractivity contribution in [2.75, 3.05) is 13.2 Å². The first-order valence-corrected chi connectivity index (χ1v) is 14.3. The highest BCUT2D eigenvalue weighted by Gasteiger charge is 2.58. The molecule has 4 rings (SSSR count). The molecule has 0 spiro atoms. The van der Waals surface area contributed by atoms with Gasteiger partial charge in [-0.3, -0.25) is 4.79 Å². The maximum Gasteiger partial charge on any atom is 0.217 e. The number of hydrogen-bond acceptors (Lipinski definition) is 7. The zero-order valence-corrected chi connectivity index (χ0v) is 24.4. The van der Waals surface area contributed by atoms with Crippen molar-refractivity contribution in [1.29, 1.82) is 5.26 Å². The van der Waals surface area contributed by atoms with E-state index in [0.29, 0.717) is 6.61 Å². The molecule has 1 amide bonds. The van der Waals surface area contributed by atoms with E-state index in [2.05, 4.69) is 17.3 Å². The molecular weight excluding hydrogens is 544 g/mol. The van der Waals surface area contributed by atoms with Crippen LogP contribution >= 0.6 is 0 Å². The number of hydrogen-bond donors (Lipinski definition) is 1. The van der Waals surface area contributed by atoms with Crippen LogP contribution < -0.4 is 5.32 Å². The number of ether oxygens (including phenoxy) is 5. The van der Waals surface area contributed by atoms with Crippen LogP contribution in [0.25, 0.3) is 0 Å². The molecule has 0 aliphatic carbocycles. The van der Waals surface area contributed by atoms with Gasteiger partial charge in [-0.1, -0.05) is 96.9 Å². The van der Waals surface area contributed by atoms with Crippen LogP contribution in [0, 0.1) is 23.7 Å². The molecule has 1 N–H and O–H groups in total. The van der Waals surface area contributed by atoms with Crippen LogP contribution in [0.4, 0.5) is 0 Å². The Morgan fingerprint density at radius 1 is 0.884 bits per heavy atom. The average Bonchev–Trinajstić information content (AvgIpc) is 3.03. The van der Waals surface area contributed by atoms with E-state index in [1.165, 1.54) is 6.92 Å². The SMILES string of the molecule is C#CCO[C@H]1O[C@H](COCc2ccccc2)[C@H](OCc2ccccc2)[C@H](OCc2ccccc2)[C@@]1(CCC#N)NC(C)=O. The fraction of sp³-hybridized carbons (Fsp3) is 0.371. The summed E-state index contributed by atoms with van der Waals surface area (Å²) in [5.74, 6) is 2.16. The minimum atomic E-state index is -1.29. The Morgan fingerprint density at radius 2 is 1.44 bits per heavy atom. The highest BCUT2D eigenvalue weighted by atomic mass is 16.7. The largest absolute Gasteiger partial charge is 0.374 e. The Bertz CT molecular complexity index is 1340. The Kier molecular flexibility index (Phi) is 12.3. The first kappa shape index (κ1) is 31.9. The molecule has 1 fully saturated rings. The van der Waals surface area contributed by atoms with Gasteiger partial charge in [0.15, 0.2) is 6.29 Å². The second-order valence-corrected chi connectivity index (χ2v) is 10.4. The van der Waals surface area contributed by atoms with Gasteiger partial charge in [0.1, 0.15) is 30.5 Å². The van der Waals surface area contributed by atoms with Gasteiger partial charge in [-0.05, 0) is 23.1 Å². The van der Waals surface area contributed by atoms with Gasteiger partial charge in [-0.2, -0.15) is 5.26 Å². The molecule has 1 aliphatic heterocycles. The Labute approximate surface area is 253 Å². The molecule has 8 heteroatoms. The predicted molar refractivity (Wildman–Crippen MR) is 161 cm³/mol. The van der Waals surface area contributed by atoms with E-state index in [0.717, 1.165) is 16.7 Å². The third-order valence-corrected chi connectivity index (χ3v) is 7.22. The lowest BCUT2D eigenvalue weighted by molar-refractivity contribution is -0.315. The van der Waals surface area contributed by atoms with E-state index in [4.69, 9.17) is 30.1 Å². The summed E-state index contributed by atoms with van der Waals surface area (Å²) in [4.78, 5) is 12.7. The normalized spacial score (nSPS) is 23.1. The van der Waals surface area contributed by atoms with Crippen molar-refractivity contribution in [2.45, 2.75) is 69.7 Å². The molecule has 5 atom stereocenters. The number of rotatable bonds is 15. The van der Waals surface area contributed by atoms with Gasteiger partial charge in [0, 0.05) is 13.3 Å². The molecule has 1 heterocycles. The van der Waals surface area contributed by atoms with Crippen molar-refractivity contribution in [3.63, 3.8) is 0 Å². The number of terminal acetylenes is 1. The van der Waals surface area contributed by atoms with Gasteiger partial charge >= 0.3 is 0 Å². The Hall–Kier alpha value is -4.02. The summed E-state index contributed by atoms with van der Waals surface area (Å²) in [6.07, 6.45) is 2.66. The second-order valence-electron chi connectivity index (χ2n) is 10.4. The third-order valence-electron chi connectivity index (χ3n) is 7.22. The molecule has 0 bridgehead atoms. The molecule has 43 heavy (non-hydrogen) atoms. The van der Waals surface area contributed by atoms with Crippen molar-refractivity contribution < 1.29 is 28.5 Å². The molecule has 0 unspecified atom stereocenters. The van der Waals surface area contributed by atoms with E-state index in [1.807, 2.05) is 91.0 Å². The number of nitrogens with one attached hydrogen (secondary N) is 1. The third kappa shape index (κ3) is 8.98. The molecule has 0 saturated carbocycles. The van der Waals surface area contributed by atoms with Gasteiger partial charge in [-0.25, -0.2) is 0 Å². The number of carbonyl (C=O) groups is 1. The fourth-order valence-electron chi connectivity index (χ4n) is 5.30. The second kappa shape index (κ2) is 16.6. The number of amides is 1. The maximum absolute atomic E-state index is 12.7. The number of carbonyl (C=O) groups excluding carboxylic acids is 1. The van der Waals surface area contributed by atoms with Gasteiger partial charge in [0.2, 0.25) is 5.91 Å². The van der Waals surface area contributed by atoms with Crippen LogP contribution in [0.1, 0.15) is 36.5 Å². The number of nitrogens with zero attached hydrogens (tertiary/aromatic N) is 1. The Morgan fingerprint density at radius 3 is 1.98 bits per heavy atom. The van der Waals surface area contributed by atoms with Crippen molar-refractivity contribution in [3.8, 4) is 18.4 Å². The van der Waals surface area contributed by atoms with Crippen LogP contribution in [-0.4, -0.2) is 49.3 Å². The van der Waals surface area contributed by atoms with Gasteiger partial charge in [-0.15, -0.1) is 6.42 Å². The summed E-state index contributed by atoms with van der Waals surface area (Å²) in [6.45, 7) is 2.35. The average molecular weight is 583 g/mol. The molecule has 8 nitrogen and oxygen atoms in total. The van der Waals surface area contributed by atoms with Gasteiger partial charge < -0.3 is 29.0 Å². The predicted octanol–water partition coefficient (Wildman–Crippen LogP) is 4.93. The van der Waals surface area contributed by atoms with E-state index in [9.17, 15) is 10.1 Å². The van der Waals surface area contributed by atoms with Gasteiger partial charge in [0.05, 0.1) is 32.5 Å². The van der Waals surface area contributed by atoms with Crippen molar-refractivity contribution in [1.82, 2.24) is 5.32 Å². The standard InChI is InChI=1S/C35H38N2O6/c1-3-22-40-34-35(20-13-21-36,37-27(2)38)33(42-25-30-18-11-6-12-19-30)32(41-24-29-16-9-5-10-17-29)31(43-34)26-39-23-28-14-7-4-8-15-28/h1,4-12,14-19,31-34H,13,20,22-26H2,2H3,(H,37,38)/t31-,32+,33+,34+,35-/m1/s1. The highest BCUT2D eigenvalue weighted by Crippen LogP contribution is 2.39. The quantitative estimate of drug-likeness (QED) is 0.254. The first-order chi connectivity index (χ1) is 21.1. The number of nitriles is 1. The minimum absolute atomic E-state index is 0.0723. The minimum Gasteiger partial charge on any atom is -0.374 e. The van der Waals surface area contributed by atoms with Crippen molar-refractivity contribution in [2.24, 2.45) is 0 Å². The number of benzene rings is 3. The lowest BCUT2D eigenvalue weighted by atomic mass is 9.79. The van der Waals surface area contributed by atoms with Crippen LogP contribution in [0.15, 0.2) is 91.0 Å². The lowest BCUT2D eigenvalue weighted by Gasteiger charge is -2.53. The van der Waals surface area contributed by atoms with Crippen LogP contribution in [0.2, 0.25) is 0 Å². The molecule has 0 aromatic heterocycles. The molecule has 1 saturated heterocycles. The Balaban J connectivity index is 1.72. The highest BCUT2D eigenvalue weighted by molar-refractivity contribution is 5.74. The molecular formula is C35H38N2O6. The van der Waals surface area contributed by atoms with E-state index in [1.54, 1.807) is 0 Å². The summed E-state index contributed by atoms with van der Waals surface area (Å²) in [7, 11) is 0. The van der Waals surface area contributed by atoms with Crippen molar-refractivity contribution >= 4 is 5.91 Å². The summed E-state index contributed by atoms with van der Waals surface area (Å²) in [5, 5.41) is 12.7. The summed E-state index contributed by atoms with van der Waals surface area (Å²) < 4.78 is 32.0. The van der Waals surface area contributed by atoms with Gasteiger partial charge in [0.25, 0.3) is 0 Å². The zero-order valence-electron chi connectivity index (χ0n) is 24.4. The van der Waals surface area contributed by atoms with E-state index >= 15 is 0 Å². The van der Waals surface area contributed by atoms with E-state index < -0.39 is 30.1 Å². The van der Waals surface area contributed by atoms with Crippen molar-refractivity contribution in [3.05, 3.63) is 108 Å². The molecule has 3 aromatic rings. The monoisotopic (exact) mass is 582 g/mol. The zero-order chi connectivity index (χ0) is 30.3. The first-order valence-electron chi connectivity index (χ1n) is 14.3. The van der Waals surface area contributed by atoms with Crippen LogP contribution in [-0.2, 0) is 48.3 Å². The molecule has 1 aliphatic rings. The molecule has 0 radical (unpaired) electrons. The van der Waals surface area contributed by atoms with Crippen LogP contribution in [0.5, 0.6) is 0 Å². The summed E-state index contributed by atoms with van der Waals surface area (Å²) in [5.41, 5.74) is 1.62. The van der Waals surface area contributed by atoms with E-state index in [-0.39, 0.29) is 45.2 Å². The summed E-state index contributed by atoms with van der Waals surface area (Å²) >= 11 is 0. The smallest absolute Gasteiger partial charge is 0.217 e. The maximum atomic E-state index is 12.7. The molecule has 224 valence electrons. The molecule has 3 aromatic carbocycles. The lowest BCUT2D eigenvalue weighted by Crippen LogP contribution is -2.74. The fourth-order valence-corrected chi connectivity index (χ4v) is 5.30. The summed E-state index contributed by atoms with van der Waals surface area (Å²) in [6, 6.07) is 31.5.